The third-order valence-corrected chi connectivity index (χ3v) is 3.19. The average Bonchev–Trinajstić information content (AvgIpc) is 2.63. The van der Waals surface area contributed by atoms with Crippen LogP contribution in [0.3, 0.4) is 0 Å². The molecule has 0 aliphatic heterocycles. The number of anilines is 2. The molecule has 2 aromatic rings. The normalized spacial score (nSPS) is 10.0. The van der Waals surface area contributed by atoms with Crippen LogP contribution in [0.5, 0.6) is 0 Å². The van der Waals surface area contributed by atoms with Gasteiger partial charge in [0.1, 0.15) is 11.9 Å². The first-order valence-electron chi connectivity index (χ1n) is 7.48. The summed E-state index contributed by atoms with van der Waals surface area (Å²) < 4.78 is 0. The van der Waals surface area contributed by atoms with E-state index in [0.717, 1.165) is 12.7 Å². The number of amides is 1. The number of para-hydroxylation sites is 1. The lowest BCUT2D eigenvalue weighted by atomic mass is 10.2. The zero-order chi connectivity index (χ0) is 19.1. The van der Waals surface area contributed by atoms with Crippen LogP contribution in [0.15, 0.2) is 30.6 Å². The molecule has 0 bridgehead atoms. The van der Waals surface area contributed by atoms with E-state index in [4.69, 9.17) is 0 Å². The number of carbonyl (C=O) groups is 1. The summed E-state index contributed by atoms with van der Waals surface area (Å²) in [5.74, 6) is -1.10. The van der Waals surface area contributed by atoms with Crippen LogP contribution in [0.2, 0.25) is 0 Å². The average molecular weight is 361 g/mol. The Bertz CT molecular complexity index is 842. The second-order valence-electron chi connectivity index (χ2n) is 4.96. The minimum absolute atomic E-state index is 0.00529. The van der Waals surface area contributed by atoms with E-state index < -0.39 is 27.1 Å². The van der Waals surface area contributed by atoms with Gasteiger partial charge in [-0.3, -0.25) is 35.9 Å². The van der Waals surface area contributed by atoms with Gasteiger partial charge in [-0.25, -0.2) is 9.97 Å². The molecule has 0 radical (unpaired) electrons. The van der Waals surface area contributed by atoms with E-state index in [1.165, 1.54) is 24.3 Å². The number of benzene rings is 1. The fourth-order valence-corrected chi connectivity index (χ4v) is 2.02. The molecule has 1 aromatic heterocycles. The summed E-state index contributed by atoms with van der Waals surface area (Å²) >= 11 is 0. The smallest absolute Gasteiger partial charge is 0.354 e. The second-order valence-corrected chi connectivity index (χ2v) is 4.96. The lowest BCUT2D eigenvalue weighted by Gasteiger charge is -2.10. The number of rotatable bonds is 8. The van der Waals surface area contributed by atoms with Crippen molar-refractivity contribution in [2.45, 2.75) is 13.3 Å². The number of carbonyl (C=O) groups excluding carboxylic acids is 1. The fraction of sp³-hybridized carbons (Fsp3) is 0.214. The Labute approximate surface area is 146 Å². The summed E-state index contributed by atoms with van der Waals surface area (Å²) in [7, 11) is 0. The van der Waals surface area contributed by atoms with Crippen molar-refractivity contribution >= 4 is 28.9 Å². The van der Waals surface area contributed by atoms with Gasteiger partial charge in [0.2, 0.25) is 11.6 Å². The van der Waals surface area contributed by atoms with Gasteiger partial charge in [0.25, 0.3) is 11.6 Å². The number of nitro groups is 2. The maximum atomic E-state index is 12.2. The van der Waals surface area contributed by atoms with Gasteiger partial charge in [-0.1, -0.05) is 19.1 Å². The summed E-state index contributed by atoms with van der Waals surface area (Å²) in [4.78, 5) is 40.6. The summed E-state index contributed by atoms with van der Waals surface area (Å²) in [6.45, 7) is 2.34. The number of hydrogen-bond donors (Lipinski definition) is 3. The van der Waals surface area contributed by atoms with Crippen LogP contribution in [-0.4, -0.2) is 32.3 Å². The largest absolute Gasteiger partial charge is 0.364 e. The monoisotopic (exact) mass is 361 g/mol. The van der Waals surface area contributed by atoms with Crippen molar-refractivity contribution in [1.82, 2.24) is 15.4 Å². The maximum absolute atomic E-state index is 12.2. The van der Waals surface area contributed by atoms with Gasteiger partial charge >= 0.3 is 5.69 Å². The maximum Gasteiger partial charge on any atom is 0.354 e. The predicted molar refractivity (Wildman–Crippen MR) is 91.7 cm³/mol. The highest BCUT2D eigenvalue weighted by Gasteiger charge is 2.24. The molecule has 12 heteroatoms. The molecule has 0 aliphatic rings. The number of hydrazine groups is 1. The van der Waals surface area contributed by atoms with Crippen molar-refractivity contribution in [1.29, 1.82) is 0 Å². The highest BCUT2D eigenvalue weighted by atomic mass is 16.6. The van der Waals surface area contributed by atoms with Crippen LogP contribution in [0, 0.1) is 20.2 Å². The molecule has 0 spiro atoms. The molecule has 0 saturated heterocycles. The highest BCUT2D eigenvalue weighted by molar-refractivity contribution is 5.98. The molecule has 0 aliphatic carbocycles. The van der Waals surface area contributed by atoms with Gasteiger partial charge in [-0.15, -0.1) is 0 Å². The van der Waals surface area contributed by atoms with Crippen molar-refractivity contribution in [2.24, 2.45) is 0 Å². The molecule has 26 heavy (non-hydrogen) atoms. The van der Waals surface area contributed by atoms with E-state index >= 15 is 0 Å². The summed E-state index contributed by atoms with van der Waals surface area (Å²) in [6, 6.07) is 5.32. The molecule has 3 N–H and O–H groups in total. The molecule has 0 atom stereocenters. The van der Waals surface area contributed by atoms with Crippen LogP contribution in [-0.2, 0) is 0 Å². The SMILES string of the molecule is CCCNc1ncnc(NNC(=O)c2ccccc2[N+](=O)[O-])c1[N+](=O)[O-]. The Morgan fingerprint density at radius 3 is 2.46 bits per heavy atom. The van der Waals surface area contributed by atoms with E-state index in [1.54, 1.807) is 0 Å². The zero-order valence-corrected chi connectivity index (χ0v) is 13.6. The molecular weight excluding hydrogens is 346 g/mol. The minimum atomic E-state index is -0.840. The first-order valence-corrected chi connectivity index (χ1v) is 7.48. The fourth-order valence-electron chi connectivity index (χ4n) is 2.02. The van der Waals surface area contributed by atoms with E-state index in [1.807, 2.05) is 6.92 Å². The van der Waals surface area contributed by atoms with Crippen molar-refractivity contribution in [3.8, 4) is 0 Å². The lowest BCUT2D eigenvalue weighted by molar-refractivity contribution is -0.385. The van der Waals surface area contributed by atoms with E-state index in [2.05, 4.69) is 26.1 Å². The van der Waals surface area contributed by atoms with Crippen molar-refractivity contribution in [3.05, 3.63) is 56.4 Å². The molecular formula is C14H15N7O5. The van der Waals surface area contributed by atoms with Crippen LogP contribution < -0.4 is 16.2 Å². The summed E-state index contributed by atoms with van der Waals surface area (Å²) in [5.41, 5.74) is 3.44. The van der Waals surface area contributed by atoms with Gasteiger partial charge in [0.05, 0.1) is 9.85 Å². The van der Waals surface area contributed by atoms with Crippen molar-refractivity contribution in [3.63, 3.8) is 0 Å². The van der Waals surface area contributed by atoms with E-state index in [0.29, 0.717) is 6.54 Å². The van der Waals surface area contributed by atoms with Crippen molar-refractivity contribution in [2.75, 3.05) is 17.3 Å². The first kappa shape index (κ1) is 18.5. The Balaban J connectivity index is 2.23. The molecule has 136 valence electrons. The van der Waals surface area contributed by atoms with Crippen LogP contribution >= 0.6 is 0 Å². The number of nitrogens with zero attached hydrogens (tertiary/aromatic N) is 4. The van der Waals surface area contributed by atoms with Crippen molar-refractivity contribution < 1.29 is 14.6 Å². The van der Waals surface area contributed by atoms with Gasteiger partial charge in [-0.2, -0.15) is 0 Å². The Hall–Kier alpha value is -3.83. The Morgan fingerprint density at radius 1 is 1.12 bits per heavy atom. The molecule has 12 nitrogen and oxygen atoms in total. The molecule has 1 amide bonds. The number of hydrogen-bond acceptors (Lipinski definition) is 9. The first-order chi connectivity index (χ1) is 12.5. The molecule has 1 heterocycles. The van der Waals surface area contributed by atoms with Crippen LogP contribution in [0.1, 0.15) is 23.7 Å². The molecule has 0 fully saturated rings. The second kappa shape index (κ2) is 8.32. The Kier molecular flexibility index (Phi) is 5.92. The zero-order valence-electron chi connectivity index (χ0n) is 13.6. The van der Waals surface area contributed by atoms with Gasteiger partial charge < -0.3 is 5.32 Å². The minimum Gasteiger partial charge on any atom is -0.364 e. The molecule has 0 saturated carbocycles. The summed E-state index contributed by atoms with van der Waals surface area (Å²) in [5, 5.41) is 25.1. The predicted octanol–water partition coefficient (Wildman–Crippen LogP) is 1.87. The van der Waals surface area contributed by atoms with Crippen LogP contribution in [0.25, 0.3) is 0 Å². The summed E-state index contributed by atoms with van der Waals surface area (Å²) in [6.07, 6.45) is 1.81. The van der Waals surface area contributed by atoms with Gasteiger partial charge in [-0.05, 0) is 12.5 Å². The number of nitro benzene ring substituents is 1. The highest BCUT2D eigenvalue weighted by Crippen LogP contribution is 2.28. The standard InChI is InChI=1S/C14H15N7O5/c1-2-7-15-12-11(21(25)26)13(17-8-16-12)18-19-14(22)9-5-3-4-6-10(9)20(23)24/h3-6,8H,2,7H2,1H3,(H,19,22)(H2,15,16,17,18). The quantitative estimate of drug-likeness (QED) is 0.470. The molecule has 1 aromatic carbocycles. The topological polar surface area (TPSA) is 165 Å². The van der Waals surface area contributed by atoms with Gasteiger partial charge in [0, 0.05) is 12.6 Å². The van der Waals surface area contributed by atoms with Crippen LogP contribution in [0.4, 0.5) is 23.0 Å². The lowest BCUT2D eigenvalue weighted by Crippen LogP contribution is -2.31. The van der Waals surface area contributed by atoms with E-state index in [-0.39, 0.29) is 17.2 Å². The third kappa shape index (κ3) is 4.17. The molecule has 0 unspecified atom stereocenters. The van der Waals surface area contributed by atoms with Gasteiger partial charge in [0.15, 0.2) is 0 Å². The molecule has 2 rings (SSSR count). The Morgan fingerprint density at radius 2 is 1.81 bits per heavy atom. The number of aromatic nitrogens is 2. The van der Waals surface area contributed by atoms with E-state index in [9.17, 15) is 25.0 Å². The number of nitrogens with one attached hydrogen (secondary N) is 3. The third-order valence-electron chi connectivity index (χ3n) is 3.19.